The number of hydrogen-bond acceptors (Lipinski definition) is 1. The lowest BCUT2D eigenvalue weighted by Gasteiger charge is -2.09. The van der Waals surface area contributed by atoms with Gasteiger partial charge in [-0.1, -0.05) is 32.0 Å². The smallest absolute Gasteiger partial charge is 0.314 e. The molecule has 2 N–H and O–H groups in total. The minimum absolute atomic E-state index is 0.114. The molecule has 0 aliphatic rings. The SMILES string of the molecule is CC(C)CCNC(=O)NCCCCc1ccccc1F. The largest absolute Gasteiger partial charge is 0.338 e. The average Bonchev–Trinajstić information content (AvgIpc) is 2.40. The molecule has 1 rings (SSSR count). The molecule has 0 aromatic heterocycles. The van der Waals surface area contributed by atoms with Gasteiger partial charge in [-0.3, -0.25) is 0 Å². The Morgan fingerprint density at radius 3 is 2.55 bits per heavy atom. The minimum atomic E-state index is -0.146. The number of amides is 2. The molecule has 0 fully saturated rings. The molecule has 0 heterocycles. The van der Waals surface area contributed by atoms with Crippen molar-refractivity contribution in [1.82, 2.24) is 10.6 Å². The van der Waals surface area contributed by atoms with Crippen molar-refractivity contribution in [3.63, 3.8) is 0 Å². The summed E-state index contributed by atoms with van der Waals surface area (Å²) in [5.74, 6) is 0.447. The maximum atomic E-state index is 13.4. The number of urea groups is 1. The van der Waals surface area contributed by atoms with Crippen molar-refractivity contribution >= 4 is 6.03 Å². The van der Waals surface area contributed by atoms with E-state index in [1.54, 1.807) is 12.1 Å². The highest BCUT2D eigenvalue weighted by Crippen LogP contribution is 2.09. The Balaban J connectivity index is 2.04. The van der Waals surface area contributed by atoms with Gasteiger partial charge in [0, 0.05) is 13.1 Å². The number of nitrogens with one attached hydrogen (secondary N) is 2. The lowest BCUT2D eigenvalue weighted by molar-refractivity contribution is 0.240. The van der Waals surface area contributed by atoms with Crippen molar-refractivity contribution in [2.75, 3.05) is 13.1 Å². The standard InChI is InChI=1S/C16H25FN2O/c1-13(2)10-12-19-16(20)18-11-6-5-8-14-7-3-4-9-15(14)17/h3-4,7,9,13H,5-6,8,10-12H2,1-2H3,(H2,18,19,20). The Bertz CT molecular complexity index is 407. The van der Waals surface area contributed by atoms with E-state index in [1.807, 2.05) is 6.07 Å². The molecular formula is C16H25FN2O. The van der Waals surface area contributed by atoms with Gasteiger partial charge < -0.3 is 10.6 Å². The number of carbonyl (C=O) groups is 1. The predicted octanol–water partition coefficient (Wildman–Crippen LogP) is 3.49. The van der Waals surface area contributed by atoms with Crippen LogP contribution in [0.1, 0.15) is 38.7 Å². The van der Waals surface area contributed by atoms with Gasteiger partial charge in [0.2, 0.25) is 0 Å². The van der Waals surface area contributed by atoms with E-state index in [2.05, 4.69) is 24.5 Å². The minimum Gasteiger partial charge on any atom is -0.338 e. The first-order valence-corrected chi connectivity index (χ1v) is 7.34. The molecule has 0 radical (unpaired) electrons. The van der Waals surface area contributed by atoms with Gasteiger partial charge in [-0.05, 0) is 43.2 Å². The second-order valence-electron chi connectivity index (χ2n) is 5.41. The molecule has 2 amide bonds. The van der Waals surface area contributed by atoms with Crippen molar-refractivity contribution in [2.24, 2.45) is 5.92 Å². The maximum absolute atomic E-state index is 13.4. The van der Waals surface area contributed by atoms with Crippen molar-refractivity contribution in [3.05, 3.63) is 35.6 Å². The fourth-order valence-electron chi connectivity index (χ4n) is 1.88. The molecule has 112 valence electrons. The molecule has 1 aromatic rings. The van der Waals surface area contributed by atoms with Crippen LogP contribution in [0.2, 0.25) is 0 Å². The highest BCUT2D eigenvalue weighted by molar-refractivity contribution is 5.73. The van der Waals surface area contributed by atoms with Gasteiger partial charge in [-0.25, -0.2) is 9.18 Å². The van der Waals surface area contributed by atoms with E-state index in [9.17, 15) is 9.18 Å². The Labute approximate surface area is 121 Å². The molecule has 0 saturated carbocycles. The molecule has 0 saturated heterocycles. The number of unbranched alkanes of at least 4 members (excludes halogenated alkanes) is 1. The lowest BCUT2D eigenvalue weighted by atomic mass is 10.1. The summed E-state index contributed by atoms with van der Waals surface area (Å²) in [6.45, 7) is 5.59. The summed E-state index contributed by atoms with van der Waals surface area (Å²) in [7, 11) is 0. The molecule has 20 heavy (non-hydrogen) atoms. The zero-order valence-electron chi connectivity index (χ0n) is 12.4. The van der Waals surface area contributed by atoms with Crippen LogP contribution in [0.15, 0.2) is 24.3 Å². The van der Waals surface area contributed by atoms with Crippen LogP contribution in [0.25, 0.3) is 0 Å². The van der Waals surface area contributed by atoms with Crippen LogP contribution in [0, 0.1) is 11.7 Å². The molecule has 0 bridgehead atoms. The van der Waals surface area contributed by atoms with Gasteiger partial charge in [0.05, 0.1) is 0 Å². The lowest BCUT2D eigenvalue weighted by Crippen LogP contribution is -2.36. The highest BCUT2D eigenvalue weighted by Gasteiger charge is 2.02. The van der Waals surface area contributed by atoms with E-state index < -0.39 is 0 Å². The Morgan fingerprint density at radius 1 is 1.15 bits per heavy atom. The fraction of sp³-hybridized carbons (Fsp3) is 0.562. The van der Waals surface area contributed by atoms with E-state index in [-0.39, 0.29) is 11.8 Å². The Hall–Kier alpha value is -1.58. The topological polar surface area (TPSA) is 41.1 Å². The van der Waals surface area contributed by atoms with Crippen molar-refractivity contribution < 1.29 is 9.18 Å². The summed E-state index contributed by atoms with van der Waals surface area (Å²) in [4.78, 5) is 11.4. The molecule has 0 aliphatic heterocycles. The molecule has 1 aromatic carbocycles. The van der Waals surface area contributed by atoms with Crippen LogP contribution in [0.4, 0.5) is 9.18 Å². The van der Waals surface area contributed by atoms with E-state index in [0.717, 1.165) is 24.8 Å². The number of carbonyl (C=O) groups excluding carboxylic acids is 1. The molecule has 4 heteroatoms. The van der Waals surface area contributed by atoms with Gasteiger partial charge in [0.1, 0.15) is 5.82 Å². The summed E-state index contributed by atoms with van der Waals surface area (Å²) in [5, 5.41) is 5.64. The second kappa shape index (κ2) is 9.34. The van der Waals surface area contributed by atoms with E-state index in [4.69, 9.17) is 0 Å². The van der Waals surface area contributed by atoms with Crippen LogP contribution in [-0.2, 0) is 6.42 Å². The summed E-state index contributed by atoms with van der Waals surface area (Å²) in [6.07, 6.45) is 3.42. The second-order valence-corrected chi connectivity index (χ2v) is 5.41. The molecule has 0 unspecified atom stereocenters. The quantitative estimate of drug-likeness (QED) is 0.703. The maximum Gasteiger partial charge on any atom is 0.314 e. The summed E-state index contributed by atoms with van der Waals surface area (Å²) < 4.78 is 13.4. The van der Waals surface area contributed by atoms with Gasteiger partial charge in [0.25, 0.3) is 0 Å². The average molecular weight is 280 g/mol. The number of hydrogen-bond donors (Lipinski definition) is 2. The Kier molecular flexibility index (Phi) is 7.70. The first-order valence-electron chi connectivity index (χ1n) is 7.34. The first kappa shape index (κ1) is 16.5. The third kappa shape index (κ3) is 7.12. The molecular weight excluding hydrogens is 255 g/mol. The molecule has 0 atom stereocenters. The number of rotatable bonds is 8. The number of benzene rings is 1. The normalized spacial score (nSPS) is 10.6. The van der Waals surface area contributed by atoms with Crippen LogP contribution in [0.5, 0.6) is 0 Å². The number of aryl methyl sites for hydroxylation is 1. The van der Waals surface area contributed by atoms with E-state index >= 15 is 0 Å². The number of halogens is 1. The fourth-order valence-corrected chi connectivity index (χ4v) is 1.88. The van der Waals surface area contributed by atoms with E-state index in [0.29, 0.717) is 25.4 Å². The predicted molar refractivity (Wildman–Crippen MR) is 80.2 cm³/mol. The molecule has 3 nitrogen and oxygen atoms in total. The third-order valence-electron chi connectivity index (χ3n) is 3.12. The highest BCUT2D eigenvalue weighted by atomic mass is 19.1. The van der Waals surface area contributed by atoms with Gasteiger partial charge >= 0.3 is 6.03 Å². The molecule has 0 spiro atoms. The first-order chi connectivity index (χ1) is 9.59. The monoisotopic (exact) mass is 280 g/mol. The van der Waals surface area contributed by atoms with Gasteiger partial charge in [0.15, 0.2) is 0 Å². The van der Waals surface area contributed by atoms with Crippen molar-refractivity contribution in [3.8, 4) is 0 Å². The van der Waals surface area contributed by atoms with Crippen LogP contribution in [0.3, 0.4) is 0 Å². The van der Waals surface area contributed by atoms with Crippen LogP contribution < -0.4 is 10.6 Å². The summed E-state index contributed by atoms with van der Waals surface area (Å²) in [5.41, 5.74) is 0.744. The summed E-state index contributed by atoms with van der Waals surface area (Å²) in [6, 6.07) is 6.72. The van der Waals surface area contributed by atoms with Crippen molar-refractivity contribution in [1.29, 1.82) is 0 Å². The Morgan fingerprint density at radius 2 is 1.85 bits per heavy atom. The van der Waals surface area contributed by atoms with Crippen molar-refractivity contribution in [2.45, 2.75) is 39.5 Å². The molecule has 0 aliphatic carbocycles. The summed E-state index contributed by atoms with van der Waals surface area (Å²) >= 11 is 0. The van der Waals surface area contributed by atoms with Crippen LogP contribution in [-0.4, -0.2) is 19.1 Å². The third-order valence-corrected chi connectivity index (χ3v) is 3.12. The van der Waals surface area contributed by atoms with Crippen LogP contribution >= 0.6 is 0 Å². The van der Waals surface area contributed by atoms with Gasteiger partial charge in [-0.2, -0.15) is 0 Å². The zero-order valence-corrected chi connectivity index (χ0v) is 12.4. The van der Waals surface area contributed by atoms with E-state index in [1.165, 1.54) is 6.07 Å². The zero-order chi connectivity index (χ0) is 14.8. The van der Waals surface area contributed by atoms with Gasteiger partial charge in [-0.15, -0.1) is 0 Å².